The van der Waals surface area contributed by atoms with Gasteiger partial charge >= 0.3 is 5.69 Å². The van der Waals surface area contributed by atoms with Crippen LogP contribution in [0, 0.1) is 0 Å². The van der Waals surface area contributed by atoms with Crippen LogP contribution < -0.4 is 16.2 Å². The molecule has 3 rings (SSSR count). The lowest BCUT2D eigenvalue weighted by Gasteiger charge is -2.07. The summed E-state index contributed by atoms with van der Waals surface area (Å²) in [5.41, 5.74) is 7.06. The monoisotopic (exact) mass is 406 g/mol. The molecule has 1 heterocycles. The third-order valence-corrected chi connectivity index (χ3v) is 3.87. The zero-order valence-electron chi connectivity index (χ0n) is 14.5. The van der Waals surface area contributed by atoms with Crippen molar-refractivity contribution in [1.29, 1.82) is 0 Å². The van der Waals surface area contributed by atoms with E-state index in [4.69, 9.17) is 10.5 Å². The molecule has 2 N–H and O–H groups in total. The van der Waals surface area contributed by atoms with E-state index in [0.717, 1.165) is 10.2 Å². The Labute approximate surface area is 169 Å². The number of halogens is 2. The van der Waals surface area contributed by atoms with Gasteiger partial charge in [-0.3, -0.25) is 0 Å². The van der Waals surface area contributed by atoms with Crippen LogP contribution in [-0.4, -0.2) is 20.9 Å². The lowest BCUT2D eigenvalue weighted by atomic mass is 10.2. The fraction of sp³-hybridized carbons (Fsp3) is 0.200. The van der Waals surface area contributed by atoms with Gasteiger partial charge in [0.25, 0.3) is 0 Å². The van der Waals surface area contributed by atoms with Crippen LogP contribution >= 0.6 is 12.4 Å². The molecular weight excluding hydrogens is 383 g/mol. The van der Waals surface area contributed by atoms with Crippen molar-refractivity contribution in [3.8, 4) is 11.4 Å². The van der Waals surface area contributed by atoms with Crippen molar-refractivity contribution in [2.75, 3.05) is 6.54 Å². The summed E-state index contributed by atoms with van der Waals surface area (Å²) in [5.74, 6) is 0.698. The summed E-state index contributed by atoms with van der Waals surface area (Å²) in [7, 11) is 0. The van der Waals surface area contributed by atoms with E-state index in [0.29, 0.717) is 29.9 Å². The zero-order valence-corrected chi connectivity index (χ0v) is 15.3. The molecule has 0 radical (unpaired) electrons. The third kappa shape index (κ3) is 5.55. The molecule has 0 aliphatic rings. The van der Waals surface area contributed by atoms with Gasteiger partial charge in [-0.15, -0.1) is 12.4 Å². The van der Waals surface area contributed by atoms with E-state index in [1.165, 1.54) is 10.9 Å². The second-order valence-corrected chi connectivity index (χ2v) is 5.68. The largest absolute Gasteiger partial charge is 0.489 e. The van der Waals surface area contributed by atoms with Crippen LogP contribution in [0.4, 0.5) is 4.39 Å². The molecule has 0 amide bonds. The average Bonchev–Trinajstić information content (AvgIpc) is 3.06. The Balaban J connectivity index is 0.00000196. The van der Waals surface area contributed by atoms with E-state index in [2.05, 4.69) is 5.10 Å². The van der Waals surface area contributed by atoms with E-state index < -0.39 is 0 Å². The number of nitrogens with two attached hydrogens (primary N) is 1. The molecule has 0 unspecified atom stereocenters. The molecule has 0 bridgehead atoms. The highest BCUT2D eigenvalue weighted by Gasteiger charge is 2.08. The molecule has 0 aliphatic heterocycles. The zero-order chi connectivity index (χ0) is 18.4. The van der Waals surface area contributed by atoms with Gasteiger partial charge in [0.05, 0.1) is 18.6 Å². The average molecular weight is 407 g/mol. The van der Waals surface area contributed by atoms with Crippen molar-refractivity contribution in [3.63, 3.8) is 0 Å². The van der Waals surface area contributed by atoms with Gasteiger partial charge in [-0.1, -0.05) is 37.8 Å². The summed E-state index contributed by atoms with van der Waals surface area (Å²) in [6, 6.07) is 17.0. The van der Waals surface area contributed by atoms with Crippen molar-refractivity contribution in [3.05, 3.63) is 88.9 Å². The molecule has 150 valence electrons. The smallest absolute Gasteiger partial charge is 0.350 e. The molecule has 28 heavy (non-hydrogen) atoms. The first kappa shape index (κ1) is 23.1. The van der Waals surface area contributed by atoms with Gasteiger partial charge in [-0.25, -0.2) is 18.4 Å². The van der Waals surface area contributed by atoms with E-state index in [9.17, 15) is 9.18 Å². The van der Waals surface area contributed by atoms with Gasteiger partial charge in [0.1, 0.15) is 18.7 Å². The van der Waals surface area contributed by atoms with Gasteiger partial charge in [0.2, 0.25) is 0 Å². The summed E-state index contributed by atoms with van der Waals surface area (Å²) in [6.45, 7) is 0.524. The predicted molar refractivity (Wildman–Crippen MR) is 111 cm³/mol. The number of benzene rings is 2. The molecule has 0 fully saturated rings. The number of ether oxygens (including phenoxy) is 1. The van der Waals surface area contributed by atoms with E-state index in [1.807, 2.05) is 30.3 Å². The van der Waals surface area contributed by atoms with Crippen molar-refractivity contribution in [2.24, 2.45) is 5.73 Å². The first-order valence-electron chi connectivity index (χ1n) is 8.11. The van der Waals surface area contributed by atoms with Gasteiger partial charge in [0, 0.05) is 6.54 Å². The first-order valence-corrected chi connectivity index (χ1v) is 8.11. The van der Waals surface area contributed by atoms with Crippen LogP contribution in [0.1, 0.15) is 13.0 Å². The van der Waals surface area contributed by atoms with E-state index in [1.54, 1.807) is 24.3 Å². The van der Waals surface area contributed by atoms with Crippen LogP contribution in [0.2, 0.25) is 0 Å². The molecular formula is C20H24ClFN4O2. The molecule has 0 saturated heterocycles. The van der Waals surface area contributed by atoms with Crippen molar-refractivity contribution < 1.29 is 9.13 Å². The summed E-state index contributed by atoms with van der Waals surface area (Å²) in [5, 5.41) is 4.00. The van der Waals surface area contributed by atoms with Crippen molar-refractivity contribution >= 4 is 12.4 Å². The second-order valence-electron chi connectivity index (χ2n) is 5.68. The number of rotatable bonds is 7. The maximum absolute atomic E-state index is 12.6. The van der Waals surface area contributed by atoms with Gasteiger partial charge in [0.15, 0.2) is 0 Å². The molecule has 2 aromatic carbocycles. The number of hydrogen-bond donors (Lipinski definition) is 1. The van der Waals surface area contributed by atoms with Gasteiger partial charge in [-0.05, 0) is 35.4 Å². The van der Waals surface area contributed by atoms with E-state index >= 15 is 0 Å². The number of aromatic nitrogens is 3. The van der Waals surface area contributed by atoms with Crippen LogP contribution in [-0.2, 0) is 13.2 Å². The standard InChI is InChI=1S/C19H19FN4O2.CH4.ClH/c20-10-16(11-21)12-24-19(25)23(14-22-24)17-6-8-18(9-7-17)26-13-15-4-2-1-3-5-15;;/h1-10,14H,11-13,21H2;1H4;1H/b16-10+;;. The summed E-state index contributed by atoms with van der Waals surface area (Å²) in [6.07, 6.45) is 1.80. The Morgan fingerprint density at radius 2 is 1.82 bits per heavy atom. The topological polar surface area (TPSA) is 75.1 Å². The van der Waals surface area contributed by atoms with Crippen LogP contribution in [0.25, 0.3) is 5.69 Å². The van der Waals surface area contributed by atoms with Gasteiger partial charge in [-0.2, -0.15) is 5.10 Å². The fourth-order valence-corrected chi connectivity index (χ4v) is 2.40. The summed E-state index contributed by atoms with van der Waals surface area (Å²) >= 11 is 0. The van der Waals surface area contributed by atoms with Crippen LogP contribution in [0.5, 0.6) is 5.75 Å². The Bertz CT molecular complexity index is 937. The maximum Gasteiger partial charge on any atom is 0.350 e. The molecule has 0 spiro atoms. The molecule has 8 heteroatoms. The number of hydrogen-bond acceptors (Lipinski definition) is 4. The Hall–Kier alpha value is -2.90. The minimum absolute atomic E-state index is 0. The quantitative estimate of drug-likeness (QED) is 0.651. The molecule has 6 nitrogen and oxygen atoms in total. The highest BCUT2D eigenvalue weighted by Crippen LogP contribution is 2.16. The fourth-order valence-electron chi connectivity index (χ4n) is 2.40. The van der Waals surface area contributed by atoms with Crippen LogP contribution in [0.15, 0.2) is 77.6 Å². The van der Waals surface area contributed by atoms with Gasteiger partial charge < -0.3 is 10.5 Å². The highest BCUT2D eigenvalue weighted by atomic mass is 35.5. The summed E-state index contributed by atoms with van der Waals surface area (Å²) in [4.78, 5) is 12.4. The maximum atomic E-state index is 12.6. The van der Waals surface area contributed by atoms with E-state index in [-0.39, 0.29) is 38.6 Å². The third-order valence-electron chi connectivity index (χ3n) is 3.87. The first-order chi connectivity index (χ1) is 12.7. The minimum atomic E-state index is -0.365. The molecule has 0 saturated carbocycles. The molecule has 0 atom stereocenters. The highest BCUT2D eigenvalue weighted by molar-refractivity contribution is 5.85. The normalized spacial score (nSPS) is 10.7. The Morgan fingerprint density at radius 3 is 2.43 bits per heavy atom. The lowest BCUT2D eigenvalue weighted by molar-refractivity contribution is 0.306. The predicted octanol–water partition coefficient (Wildman–Crippen LogP) is 3.48. The minimum Gasteiger partial charge on any atom is -0.489 e. The van der Waals surface area contributed by atoms with Crippen LogP contribution in [0.3, 0.4) is 0 Å². The summed E-state index contributed by atoms with van der Waals surface area (Å²) < 4.78 is 20.9. The SMILES string of the molecule is C.Cl.NC/C(=C\F)Cn1ncn(-c2ccc(OCc3ccccc3)cc2)c1=O. The molecule has 0 aliphatic carbocycles. The van der Waals surface area contributed by atoms with Crippen molar-refractivity contribution in [2.45, 2.75) is 20.6 Å². The Kier molecular flexibility index (Phi) is 9.14. The Morgan fingerprint density at radius 1 is 1.14 bits per heavy atom. The van der Waals surface area contributed by atoms with Crippen molar-refractivity contribution in [1.82, 2.24) is 14.3 Å². The lowest BCUT2D eigenvalue weighted by Crippen LogP contribution is -2.25. The molecule has 3 aromatic rings. The molecule has 1 aromatic heterocycles. The number of nitrogens with zero attached hydrogens (tertiary/aromatic N) is 3. The second kappa shape index (κ2) is 11.1.